The number of hydrogen-bond acceptors (Lipinski definition) is 6. The third-order valence-electron chi connectivity index (χ3n) is 5.13. The molecule has 1 amide bonds. The van der Waals surface area contributed by atoms with Crippen molar-refractivity contribution in [1.29, 1.82) is 0 Å². The Labute approximate surface area is 137 Å². The maximum Gasteiger partial charge on any atom is 0.225 e. The predicted octanol–water partition coefficient (Wildman–Crippen LogP) is -1.36. The van der Waals surface area contributed by atoms with Crippen LogP contribution in [0.15, 0.2) is 0 Å². The Morgan fingerprint density at radius 3 is 2.26 bits per heavy atom. The van der Waals surface area contributed by atoms with E-state index in [9.17, 15) is 25.2 Å². The molecular formula is C16H30N2O5. The van der Waals surface area contributed by atoms with E-state index in [-0.39, 0.29) is 25.0 Å². The first kappa shape index (κ1) is 18.6. The maximum absolute atomic E-state index is 12.0. The fourth-order valence-electron chi connectivity index (χ4n) is 3.62. The summed E-state index contributed by atoms with van der Waals surface area (Å²) in [5, 5.41) is 39.1. The molecule has 0 saturated carbocycles. The zero-order valence-corrected chi connectivity index (χ0v) is 14.0. The van der Waals surface area contributed by atoms with Gasteiger partial charge in [-0.1, -0.05) is 13.8 Å². The van der Waals surface area contributed by atoms with E-state index < -0.39 is 24.4 Å². The van der Waals surface area contributed by atoms with Gasteiger partial charge in [0, 0.05) is 32.1 Å². The molecule has 2 rings (SSSR count). The second-order valence-electron chi connectivity index (χ2n) is 7.18. The number of hydrogen-bond donors (Lipinski definition) is 4. The second kappa shape index (κ2) is 7.90. The van der Waals surface area contributed by atoms with Crippen molar-refractivity contribution in [3.63, 3.8) is 0 Å². The van der Waals surface area contributed by atoms with Crippen molar-refractivity contribution in [3.05, 3.63) is 0 Å². The van der Waals surface area contributed by atoms with Crippen molar-refractivity contribution >= 4 is 5.91 Å². The molecule has 4 atom stereocenters. The minimum atomic E-state index is -1.21. The van der Waals surface area contributed by atoms with Gasteiger partial charge < -0.3 is 25.3 Å². The number of rotatable bonds is 4. The molecule has 7 nitrogen and oxygen atoms in total. The first-order valence-electron chi connectivity index (χ1n) is 8.53. The molecule has 0 bridgehead atoms. The highest BCUT2D eigenvalue weighted by Crippen LogP contribution is 2.25. The average molecular weight is 330 g/mol. The van der Waals surface area contributed by atoms with Gasteiger partial charge in [0.05, 0.1) is 18.8 Å². The number of β-amino-alcohol motifs (C(OH)–C–C–N with tert-alkyl or cyclic N) is 1. The van der Waals surface area contributed by atoms with Crippen molar-refractivity contribution in [2.75, 3.05) is 32.8 Å². The van der Waals surface area contributed by atoms with E-state index in [0.717, 1.165) is 25.9 Å². The van der Waals surface area contributed by atoms with Crippen molar-refractivity contribution in [2.24, 2.45) is 11.8 Å². The summed E-state index contributed by atoms with van der Waals surface area (Å²) in [7, 11) is 0. The summed E-state index contributed by atoms with van der Waals surface area (Å²) in [5.41, 5.74) is 0. The number of amides is 1. The monoisotopic (exact) mass is 330 g/mol. The van der Waals surface area contributed by atoms with Crippen LogP contribution in [0, 0.1) is 11.8 Å². The van der Waals surface area contributed by atoms with Crippen molar-refractivity contribution in [3.8, 4) is 0 Å². The second-order valence-corrected chi connectivity index (χ2v) is 7.18. The van der Waals surface area contributed by atoms with E-state index in [4.69, 9.17) is 0 Å². The molecule has 2 fully saturated rings. The highest BCUT2D eigenvalue weighted by molar-refractivity contribution is 5.78. The Balaban J connectivity index is 1.89. The Hall–Kier alpha value is -0.730. The van der Waals surface area contributed by atoms with Crippen molar-refractivity contribution in [2.45, 2.75) is 51.0 Å². The Bertz CT molecular complexity index is 398. The molecule has 4 N–H and O–H groups in total. The molecule has 0 aromatic heterocycles. The third kappa shape index (κ3) is 4.22. The summed E-state index contributed by atoms with van der Waals surface area (Å²) in [5.74, 6) is 0.553. The average Bonchev–Trinajstić information content (AvgIpc) is 2.53. The Morgan fingerprint density at radius 1 is 1.13 bits per heavy atom. The van der Waals surface area contributed by atoms with Gasteiger partial charge in [0.2, 0.25) is 5.91 Å². The normalized spacial score (nSPS) is 34.1. The molecule has 7 heteroatoms. The van der Waals surface area contributed by atoms with E-state index >= 15 is 0 Å². The van der Waals surface area contributed by atoms with Crippen LogP contribution in [0.5, 0.6) is 0 Å². The quantitative estimate of drug-likeness (QED) is 0.508. The van der Waals surface area contributed by atoms with Crippen LogP contribution in [0.1, 0.15) is 26.7 Å². The summed E-state index contributed by atoms with van der Waals surface area (Å²) in [4.78, 5) is 15.8. The van der Waals surface area contributed by atoms with Gasteiger partial charge in [0.25, 0.3) is 0 Å². The van der Waals surface area contributed by atoms with Crippen LogP contribution in [0.2, 0.25) is 0 Å². The largest absolute Gasteiger partial charge is 0.395 e. The Kier molecular flexibility index (Phi) is 6.39. The SMILES string of the molecule is CC(C)C(=O)N1CCC(CN2C[C@H](O)[C@@H](O)[C@H](O)[C@@H]2CO)CC1. The van der Waals surface area contributed by atoms with Gasteiger partial charge >= 0.3 is 0 Å². The smallest absolute Gasteiger partial charge is 0.225 e. The standard InChI is InChI=1S/C16H30N2O5/c1-10(2)16(23)17-5-3-11(4-6-17)7-18-8-13(20)15(22)14(21)12(18)9-19/h10-15,19-22H,3-9H2,1-2H3/t12-,13-,14+,15+/m0/s1. The van der Waals surface area contributed by atoms with Gasteiger partial charge in [-0.3, -0.25) is 9.69 Å². The zero-order valence-electron chi connectivity index (χ0n) is 14.0. The molecule has 2 saturated heterocycles. The van der Waals surface area contributed by atoms with Crippen LogP contribution >= 0.6 is 0 Å². The molecule has 0 aliphatic carbocycles. The number of piperidine rings is 2. The van der Waals surface area contributed by atoms with E-state index in [1.54, 1.807) is 0 Å². The molecule has 2 aliphatic heterocycles. The van der Waals surface area contributed by atoms with Gasteiger partial charge in [-0.25, -0.2) is 0 Å². The first-order valence-corrected chi connectivity index (χ1v) is 8.53. The predicted molar refractivity (Wildman–Crippen MR) is 84.6 cm³/mol. The lowest BCUT2D eigenvalue weighted by molar-refractivity contribution is -0.149. The van der Waals surface area contributed by atoms with E-state index in [2.05, 4.69) is 0 Å². The molecule has 0 aromatic rings. The van der Waals surface area contributed by atoms with E-state index in [1.165, 1.54) is 0 Å². The van der Waals surface area contributed by atoms with Crippen LogP contribution in [0.3, 0.4) is 0 Å². The fourth-order valence-corrected chi connectivity index (χ4v) is 3.62. The fraction of sp³-hybridized carbons (Fsp3) is 0.938. The lowest BCUT2D eigenvalue weighted by atomic mass is 9.90. The molecule has 134 valence electrons. The molecule has 0 unspecified atom stereocenters. The van der Waals surface area contributed by atoms with Crippen LogP contribution in [0.4, 0.5) is 0 Å². The van der Waals surface area contributed by atoms with Gasteiger partial charge in [-0.2, -0.15) is 0 Å². The Morgan fingerprint density at radius 2 is 1.74 bits per heavy atom. The summed E-state index contributed by atoms with van der Waals surface area (Å²) < 4.78 is 0. The molecule has 0 radical (unpaired) electrons. The zero-order chi connectivity index (χ0) is 17.1. The summed E-state index contributed by atoms with van der Waals surface area (Å²) in [6, 6.07) is -0.552. The van der Waals surface area contributed by atoms with Gasteiger partial charge in [-0.15, -0.1) is 0 Å². The van der Waals surface area contributed by atoms with Gasteiger partial charge in [0.15, 0.2) is 0 Å². The number of likely N-dealkylation sites (tertiary alicyclic amines) is 2. The van der Waals surface area contributed by atoms with Gasteiger partial charge in [-0.05, 0) is 18.8 Å². The third-order valence-corrected chi connectivity index (χ3v) is 5.13. The van der Waals surface area contributed by atoms with Gasteiger partial charge in [0.1, 0.15) is 12.2 Å². The van der Waals surface area contributed by atoms with Crippen LogP contribution < -0.4 is 0 Å². The molecule has 2 aliphatic rings. The number of carbonyl (C=O) groups excluding carboxylic acids is 1. The van der Waals surface area contributed by atoms with Crippen LogP contribution in [0.25, 0.3) is 0 Å². The van der Waals surface area contributed by atoms with E-state index in [1.807, 2.05) is 23.6 Å². The molecular weight excluding hydrogens is 300 g/mol. The molecule has 23 heavy (non-hydrogen) atoms. The maximum atomic E-state index is 12.0. The molecule has 0 spiro atoms. The summed E-state index contributed by atoms with van der Waals surface area (Å²) >= 11 is 0. The number of nitrogens with zero attached hydrogens (tertiary/aromatic N) is 2. The topological polar surface area (TPSA) is 104 Å². The van der Waals surface area contributed by atoms with Crippen LogP contribution in [-0.2, 0) is 4.79 Å². The number of carbonyl (C=O) groups is 1. The highest BCUT2D eigenvalue weighted by atomic mass is 16.4. The molecule has 0 aromatic carbocycles. The van der Waals surface area contributed by atoms with Crippen molar-refractivity contribution < 1.29 is 25.2 Å². The minimum absolute atomic E-state index is 0.0131. The van der Waals surface area contributed by atoms with E-state index in [0.29, 0.717) is 12.5 Å². The summed E-state index contributed by atoms with van der Waals surface area (Å²) in [6.07, 6.45) is -1.61. The number of aliphatic hydroxyl groups excluding tert-OH is 4. The number of aliphatic hydroxyl groups is 4. The van der Waals surface area contributed by atoms with Crippen molar-refractivity contribution in [1.82, 2.24) is 9.80 Å². The first-order chi connectivity index (χ1) is 10.8. The molecule has 2 heterocycles. The lowest BCUT2D eigenvalue weighted by Gasteiger charge is -2.45. The highest BCUT2D eigenvalue weighted by Gasteiger charge is 2.41. The minimum Gasteiger partial charge on any atom is -0.395 e. The summed E-state index contributed by atoms with van der Waals surface area (Å²) in [6.45, 7) is 5.91. The lowest BCUT2D eigenvalue weighted by Crippen LogP contribution is -2.63. The van der Waals surface area contributed by atoms with Crippen LogP contribution in [-0.4, -0.2) is 93.3 Å².